The monoisotopic (exact) mass is 295 g/mol. The van der Waals surface area contributed by atoms with E-state index in [0.717, 1.165) is 11.3 Å². The van der Waals surface area contributed by atoms with Crippen molar-refractivity contribution in [2.24, 2.45) is 0 Å². The molecule has 2 nitrogen and oxygen atoms in total. The molecule has 0 spiro atoms. The Balaban J connectivity index is 2.28. The molecule has 0 bridgehead atoms. The van der Waals surface area contributed by atoms with E-state index >= 15 is 0 Å². The number of nitrogens with zero attached hydrogens (tertiary/aromatic N) is 1. The van der Waals surface area contributed by atoms with Gasteiger partial charge in [-0.1, -0.05) is 0 Å². The van der Waals surface area contributed by atoms with Crippen LogP contribution in [0.25, 0.3) is 0 Å². The van der Waals surface area contributed by atoms with Gasteiger partial charge in [-0.15, -0.1) is 0 Å². The van der Waals surface area contributed by atoms with Crippen molar-refractivity contribution in [1.29, 1.82) is 0 Å². The highest BCUT2D eigenvalue weighted by molar-refractivity contribution is 9.10. The van der Waals surface area contributed by atoms with Crippen LogP contribution in [0.4, 0.5) is 4.39 Å². The molecule has 0 aliphatic rings. The van der Waals surface area contributed by atoms with Crippen LogP contribution in [0.15, 0.2) is 34.8 Å². The lowest BCUT2D eigenvalue weighted by atomic mass is 10.2. The van der Waals surface area contributed by atoms with E-state index in [1.807, 2.05) is 26.0 Å². The number of hydrogen-bond donors (Lipinski definition) is 0. The first kappa shape index (κ1) is 12.0. The van der Waals surface area contributed by atoms with Gasteiger partial charge in [0.25, 0.3) is 0 Å². The van der Waals surface area contributed by atoms with Gasteiger partial charge in [0.05, 0.1) is 4.47 Å². The molecule has 0 atom stereocenters. The summed E-state index contributed by atoms with van der Waals surface area (Å²) < 4.78 is 19.2. The second-order valence-corrected chi connectivity index (χ2v) is 4.66. The van der Waals surface area contributed by atoms with E-state index in [0.29, 0.717) is 16.1 Å². The van der Waals surface area contributed by atoms with Crippen LogP contribution in [0.2, 0.25) is 0 Å². The molecule has 88 valence electrons. The molecule has 1 aromatic carbocycles. The maximum atomic E-state index is 13.3. The Kier molecular flexibility index (Phi) is 3.43. The summed E-state index contributed by atoms with van der Waals surface area (Å²) >= 11 is 3.09. The molecule has 0 saturated carbocycles. The van der Waals surface area contributed by atoms with E-state index in [2.05, 4.69) is 20.9 Å². The lowest BCUT2D eigenvalue weighted by Gasteiger charge is -2.07. The standard InChI is InChI=1S/C13H11BrFNO/c1-8-5-9(2)16-13(6-8)17-10-3-4-11(14)12(15)7-10/h3-7H,1-2H3. The molecule has 0 aliphatic carbocycles. The van der Waals surface area contributed by atoms with Crippen LogP contribution in [-0.4, -0.2) is 4.98 Å². The highest BCUT2D eigenvalue weighted by Gasteiger charge is 2.04. The average molecular weight is 296 g/mol. The van der Waals surface area contributed by atoms with Gasteiger partial charge in [0.15, 0.2) is 0 Å². The summed E-state index contributed by atoms with van der Waals surface area (Å²) in [5.74, 6) is 0.555. The minimum absolute atomic E-state index is 0.355. The minimum Gasteiger partial charge on any atom is -0.439 e. The highest BCUT2D eigenvalue weighted by Crippen LogP contribution is 2.25. The van der Waals surface area contributed by atoms with Crippen LogP contribution in [0, 0.1) is 19.7 Å². The summed E-state index contributed by atoms with van der Waals surface area (Å²) in [5, 5.41) is 0. The predicted molar refractivity (Wildman–Crippen MR) is 67.9 cm³/mol. The first-order chi connectivity index (χ1) is 8.04. The normalized spacial score (nSPS) is 10.4. The zero-order valence-electron chi connectivity index (χ0n) is 9.50. The molecule has 2 rings (SSSR count). The fraction of sp³-hybridized carbons (Fsp3) is 0.154. The fourth-order valence-electron chi connectivity index (χ4n) is 1.52. The highest BCUT2D eigenvalue weighted by atomic mass is 79.9. The molecule has 0 unspecified atom stereocenters. The summed E-state index contributed by atoms with van der Waals surface area (Å²) in [4.78, 5) is 4.23. The summed E-state index contributed by atoms with van der Waals surface area (Å²) in [6, 6.07) is 8.38. The minimum atomic E-state index is -0.355. The largest absolute Gasteiger partial charge is 0.439 e. The SMILES string of the molecule is Cc1cc(C)nc(Oc2ccc(Br)c(F)c2)c1. The molecule has 17 heavy (non-hydrogen) atoms. The Hall–Kier alpha value is -1.42. The quantitative estimate of drug-likeness (QED) is 0.820. The summed E-state index contributed by atoms with van der Waals surface area (Å²) in [7, 11) is 0. The summed E-state index contributed by atoms with van der Waals surface area (Å²) in [5.41, 5.74) is 1.93. The first-order valence-electron chi connectivity index (χ1n) is 5.13. The molecule has 0 aliphatic heterocycles. The van der Waals surface area contributed by atoms with Gasteiger partial charge < -0.3 is 4.74 Å². The molecule has 0 radical (unpaired) electrons. The maximum absolute atomic E-state index is 13.3. The van der Waals surface area contributed by atoms with Crippen molar-refractivity contribution in [3.8, 4) is 11.6 Å². The molecule has 1 aromatic heterocycles. The molecular weight excluding hydrogens is 285 g/mol. The number of hydrogen-bond acceptors (Lipinski definition) is 2. The molecule has 1 heterocycles. The van der Waals surface area contributed by atoms with E-state index in [9.17, 15) is 4.39 Å². The third-order valence-corrected chi connectivity index (χ3v) is 2.83. The number of benzene rings is 1. The van der Waals surface area contributed by atoms with Gasteiger partial charge in [0.1, 0.15) is 11.6 Å². The van der Waals surface area contributed by atoms with Gasteiger partial charge in [-0.05, 0) is 53.5 Å². The van der Waals surface area contributed by atoms with Gasteiger partial charge in [-0.2, -0.15) is 0 Å². The molecule has 0 saturated heterocycles. The second kappa shape index (κ2) is 4.84. The third kappa shape index (κ3) is 3.03. The van der Waals surface area contributed by atoms with Gasteiger partial charge in [-0.3, -0.25) is 0 Å². The lowest BCUT2D eigenvalue weighted by molar-refractivity contribution is 0.456. The van der Waals surface area contributed by atoms with Crippen LogP contribution in [0.1, 0.15) is 11.3 Å². The molecule has 4 heteroatoms. The van der Waals surface area contributed by atoms with Crippen molar-refractivity contribution in [3.63, 3.8) is 0 Å². The van der Waals surface area contributed by atoms with Crippen LogP contribution >= 0.6 is 15.9 Å². The number of halogens is 2. The maximum Gasteiger partial charge on any atom is 0.219 e. The second-order valence-electron chi connectivity index (χ2n) is 3.80. The molecular formula is C13H11BrFNO. The number of rotatable bonds is 2. The van der Waals surface area contributed by atoms with Gasteiger partial charge >= 0.3 is 0 Å². The van der Waals surface area contributed by atoms with Crippen molar-refractivity contribution in [2.75, 3.05) is 0 Å². The van der Waals surface area contributed by atoms with Gasteiger partial charge in [0.2, 0.25) is 5.88 Å². The third-order valence-electron chi connectivity index (χ3n) is 2.19. The number of pyridine rings is 1. The molecule has 2 aromatic rings. The van der Waals surface area contributed by atoms with Crippen LogP contribution in [0.5, 0.6) is 11.6 Å². The first-order valence-corrected chi connectivity index (χ1v) is 5.92. The van der Waals surface area contributed by atoms with Crippen molar-refractivity contribution < 1.29 is 9.13 Å². The van der Waals surface area contributed by atoms with Crippen molar-refractivity contribution in [2.45, 2.75) is 13.8 Å². The summed E-state index contributed by atoms with van der Waals surface area (Å²) in [6.07, 6.45) is 0. The lowest BCUT2D eigenvalue weighted by Crippen LogP contribution is -1.92. The fourth-order valence-corrected chi connectivity index (χ4v) is 1.76. The predicted octanol–water partition coefficient (Wildman–Crippen LogP) is 4.39. The van der Waals surface area contributed by atoms with Gasteiger partial charge in [0, 0.05) is 17.8 Å². The van der Waals surface area contributed by atoms with Crippen molar-refractivity contribution in [3.05, 3.63) is 51.9 Å². The molecule has 0 N–H and O–H groups in total. The Morgan fingerprint density at radius 2 is 1.94 bits per heavy atom. The number of aryl methyl sites for hydroxylation is 2. The Morgan fingerprint density at radius 1 is 1.18 bits per heavy atom. The van der Waals surface area contributed by atoms with E-state index in [4.69, 9.17) is 4.74 Å². The van der Waals surface area contributed by atoms with Crippen LogP contribution in [0.3, 0.4) is 0 Å². The van der Waals surface area contributed by atoms with E-state index < -0.39 is 0 Å². The van der Waals surface area contributed by atoms with Gasteiger partial charge in [-0.25, -0.2) is 9.37 Å². The van der Waals surface area contributed by atoms with E-state index in [1.165, 1.54) is 6.07 Å². The van der Waals surface area contributed by atoms with Crippen LogP contribution < -0.4 is 4.74 Å². The Bertz CT molecular complexity index is 537. The topological polar surface area (TPSA) is 22.1 Å². The van der Waals surface area contributed by atoms with E-state index in [-0.39, 0.29) is 5.82 Å². The van der Waals surface area contributed by atoms with Crippen molar-refractivity contribution in [1.82, 2.24) is 4.98 Å². The summed E-state index contributed by atoms with van der Waals surface area (Å²) in [6.45, 7) is 3.85. The molecule has 0 amide bonds. The zero-order valence-corrected chi connectivity index (χ0v) is 11.1. The Labute approximate surface area is 108 Å². The zero-order chi connectivity index (χ0) is 12.4. The smallest absolute Gasteiger partial charge is 0.219 e. The van der Waals surface area contributed by atoms with Crippen molar-refractivity contribution >= 4 is 15.9 Å². The van der Waals surface area contributed by atoms with Crippen LogP contribution in [-0.2, 0) is 0 Å². The average Bonchev–Trinajstić information content (AvgIpc) is 2.22. The van der Waals surface area contributed by atoms with E-state index in [1.54, 1.807) is 12.1 Å². The molecule has 0 fully saturated rings. The number of aromatic nitrogens is 1. The number of ether oxygens (including phenoxy) is 1. The Morgan fingerprint density at radius 3 is 2.59 bits per heavy atom.